The number of alkyl halides is 2. The Bertz CT molecular complexity index is 811. The molecule has 0 fully saturated rings. The fourth-order valence-corrected chi connectivity index (χ4v) is 1.90. The Morgan fingerprint density at radius 1 is 1.12 bits per heavy atom. The molecule has 0 aliphatic heterocycles. The summed E-state index contributed by atoms with van der Waals surface area (Å²) in [5.74, 6) is -0.832. The first-order chi connectivity index (χ1) is 11.6. The normalized spacial score (nSPS) is 10.8. The van der Waals surface area contributed by atoms with E-state index in [2.05, 4.69) is 20.0 Å². The van der Waals surface area contributed by atoms with Crippen molar-refractivity contribution in [1.29, 1.82) is 0 Å². The Kier molecular flexibility index (Phi) is 4.59. The summed E-state index contributed by atoms with van der Waals surface area (Å²) in [6, 6.07) is 6.89. The molecule has 2 aromatic heterocycles. The number of rotatable bonds is 6. The summed E-state index contributed by atoms with van der Waals surface area (Å²) >= 11 is 0. The van der Waals surface area contributed by atoms with Gasteiger partial charge in [-0.2, -0.15) is 8.78 Å². The second-order valence-corrected chi connectivity index (χ2v) is 4.62. The molecule has 6 nitrogen and oxygen atoms in total. The van der Waals surface area contributed by atoms with Gasteiger partial charge in [-0.3, -0.25) is 4.98 Å². The van der Waals surface area contributed by atoms with Gasteiger partial charge in [0, 0.05) is 18.5 Å². The fourth-order valence-electron chi connectivity index (χ4n) is 1.90. The summed E-state index contributed by atoms with van der Waals surface area (Å²) in [4.78, 5) is 3.87. The Morgan fingerprint density at radius 2 is 1.92 bits per heavy atom. The molecule has 0 amide bonds. The highest BCUT2D eigenvalue weighted by atomic mass is 19.3. The molecular weight excluding hydrogens is 325 g/mol. The van der Waals surface area contributed by atoms with Gasteiger partial charge in [0.05, 0.1) is 11.9 Å². The van der Waals surface area contributed by atoms with E-state index in [4.69, 9.17) is 4.74 Å². The highest BCUT2D eigenvalue weighted by molar-refractivity contribution is 5.39. The molecule has 0 unspecified atom stereocenters. The highest BCUT2D eigenvalue weighted by Gasteiger charge is 2.12. The smallest absolute Gasteiger partial charge is 0.387 e. The lowest BCUT2D eigenvalue weighted by Crippen LogP contribution is -2.05. The van der Waals surface area contributed by atoms with Gasteiger partial charge in [-0.25, -0.2) is 9.07 Å². The molecule has 1 aromatic carbocycles. The molecule has 0 radical (unpaired) electrons. The van der Waals surface area contributed by atoms with Crippen LogP contribution in [-0.2, 0) is 6.61 Å². The number of pyridine rings is 1. The number of ether oxygens (including phenoxy) is 2. The molecule has 2 heterocycles. The molecule has 0 N–H and O–H groups in total. The molecule has 0 aliphatic rings. The average Bonchev–Trinajstić information content (AvgIpc) is 3.04. The molecule has 0 saturated heterocycles. The van der Waals surface area contributed by atoms with Crippen molar-refractivity contribution in [3.05, 3.63) is 60.4 Å². The van der Waals surface area contributed by atoms with Gasteiger partial charge in [0.25, 0.3) is 0 Å². The molecule has 0 atom stereocenters. The van der Waals surface area contributed by atoms with Crippen LogP contribution in [0.25, 0.3) is 5.69 Å². The zero-order chi connectivity index (χ0) is 16.9. The van der Waals surface area contributed by atoms with Crippen LogP contribution in [0.4, 0.5) is 13.2 Å². The summed E-state index contributed by atoms with van der Waals surface area (Å²) in [7, 11) is 0. The molecule has 24 heavy (non-hydrogen) atoms. The van der Waals surface area contributed by atoms with E-state index in [-0.39, 0.29) is 6.61 Å². The van der Waals surface area contributed by atoms with Crippen molar-refractivity contribution in [3.63, 3.8) is 0 Å². The van der Waals surface area contributed by atoms with Crippen LogP contribution < -0.4 is 9.47 Å². The van der Waals surface area contributed by atoms with Crippen LogP contribution in [0, 0.1) is 5.82 Å². The van der Waals surface area contributed by atoms with E-state index >= 15 is 0 Å². The highest BCUT2D eigenvalue weighted by Crippen LogP contribution is 2.22. The van der Waals surface area contributed by atoms with Crippen LogP contribution in [0.3, 0.4) is 0 Å². The van der Waals surface area contributed by atoms with Crippen molar-refractivity contribution in [1.82, 2.24) is 20.0 Å². The van der Waals surface area contributed by atoms with E-state index in [0.29, 0.717) is 17.1 Å². The third-order valence-corrected chi connectivity index (χ3v) is 2.97. The zero-order valence-corrected chi connectivity index (χ0v) is 12.1. The lowest BCUT2D eigenvalue weighted by atomic mass is 10.3. The van der Waals surface area contributed by atoms with Gasteiger partial charge >= 0.3 is 6.61 Å². The topological polar surface area (TPSA) is 62.1 Å². The van der Waals surface area contributed by atoms with Gasteiger partial charge in [0.15, 0.2) is 11.6 Å². The van der Waals surface area contributed by atoms with Gasteiger partial charge in [0.1, 0.15) is 18.1 Å². The van der Waals surface area contributed by atoms with Gasteiger partial charge in [-0.1, -0.05) is 5.21 Å². The van der Waals surface area contributed by atoms with Crippen LogP contribution in [0.5, 0.6) is 11.5 Å². The van der Waals surface area contributed by atoms with Crippen molar-refractivity contribution in [2.75, 3.05) is 0 Å². The molecular formula is C15H11F3N4O2. The lowest BCUT2D eigenvalue weighted by molar-refractivity contribution is -0.0521. The molecule has 0 aliphatic carbocycles. The number of hydrogen-bond acceptors (Lipinski definition) is 5. The number of aromatic nitrogens is 4. The van der Waals surface area contributed by atoms with E-state index in [0.717, 1.165) is 12.1 Å². The van der Waals surface area contributed by atoms with Crippen LogP contribution >= 0.6 is 0 Å². The van der Waals surface area contributed by atoms with Crippen molar-refractivity contribution in [2.24, 2.45) is 0 Å². The van der Waals surface area contributed by atoms with Crippen LogP contribution in [0.15, 0.2) is 48.9 Å². The standard InChI is InChI=1S/C15H11F3N4O2/c16-13-2-1-11(7-14(13)24-15(17)18)22-8-10(20-21-22)9-23-12-3-5-19-6-4-12/h1-8,15H,9H2. The van der Waals surface area contributed by atoms with Crippen LogP contribution in [0.1, 0.15) is 5.69 Å². The third kappa shape index (κ3) is 3.80. The first-order valence-corrected chi connectivity index (χ1v) is 6.80. The van der Waals surface area contributed by atoms with Crippen molar-refractivity contribution in [3.8, 4) is 17.2 Å². The summed E-state index contributed by atoms with van der Waals surface area (Å²) in [5, 5.41) is 7.77. The van der Waals surface area contributed by atoms with E-state index < -0.39 is 18.2 Å². The predicted molar refractivity (Wildman–Crippen MR) is 76.5 cm³/mol. The molecule has 0 saturated carbocycles. The van der Waals surface area contributed by atoms with Gasteiger partial charge in [0.2, 0.25) is 0 Å². The van der Waals surface area contributed by atoms with E-state index in [1.165, 1.54) is 10.7 Å². The fraction of sp³-hybridized carbons (Fsp3) is 0.133. The van der Waals surface area contributed by atoms with Gasteiger partial charge < -0.3 is 9.47 Å². The zero-order valence-electron chi connectivity index (χ0n) is 12.1. The minimum absolute atomic E-state index is 0.158. The minimum atomic E-state index is -3.12. The molecule has 3 aromatic rings. The predicted octanol–water partition coefficient (Wildman–Crippen LogP) is 2.98. The maximum Gasteiger partial charge on any atom is 0.387 e. The number of hydrogen-bond donors (Lipinski definition) is 0. The molecule has 124 valence electrons. The number of halogens is 3. The Balaban J connectivity index is 1.73. The van der Waals surface area contributed by atoms with Crippen LogP contribution in [0.2, 0.25) is 0 Å². The van der Waals surface area contributed by atoms with Crippen LogP contribution in [-0.4, -0.2) is 26.6 Å². The first-order valence-electron chi connectivity index (χ1n) is 6.80. The van der Waals surface area contributed by atoms with Gasteiger partial charge in [-0.05, 0) is 24.3 Å². The largest absolute Gasteiger partial charge is 0.487 e. The van der Waals surface area contributed by atoms with E-state index in [1.54, 1.807) is 30.7 Å². The quantitative estimate of drug-likeness (QED) is 0.692. The average molecular weight is 336 g/mol. The maximum absolute atomic E-state index is 13.4. The Morgan fingerprint density at radius 3 is 2.67 bits per heavy atom. The molecule has 0 bridgehead atoms. The number of benzene rings is 1. The molecule has 3 rings (SSSR count). The van der Waals surface area contributed by atoms with Crippen molar-refractivity contribution >= 4 is 0 Å². The minimum Gasteiger partial charge on any atom is -0.487 e. The van der Waals surface area contributed by atoms with Crippen molar-refractivity contribution in [2.45, 2.75) is 13.2 Å². The maximum atomic E-state index is 13.4. The monoisotopic (exact) mass is 336 g/mol. The summed E-state index contributed by atoms with van der Waals surface area (Å²) in [5.41, 5.74) is 0.835. The molecule has 0 spiro atoms. The second-order valence-electron chi connectivity index (χ2n) is 4.62. The number of nitrogens with zero attached hydrogens (tertiary/aromatic N) is 4. The third-order valence-electron chi connectivity index (χ3n) is 2.97. The summed E-state index contributed by atoms with van der Waals surface area (Å²) in [6.07, 6.45) is 4.73. The lowest BCUT2D eigenvalue weighted by Gasteiger charge is -2.07. The van der Waals surface area contributed by atoms with Gasteiger partial charge in [-0.15, -0.1) is 5.10 Å². The SMILES string of the molecule is Fc1ccc(-n2cc(COc3ccncc3)nn2)cc1OC(F)F. The first kappa shape index (κ1) is 15.8. The molecule has 9 heteroatoms. The Hall–Kier alpha value is -3.10. The van der Waals surface area contributed by atoms with E-state index in [1.807, 2.05) is 0 Å². The Labute approximate surface area is 134 Å². The summed E-state index contributed by atoms with van der Waals surface area (Å²) < 4.78 is 48.9. The summed E-state index contributed by atoms with van der Waals surface area (Å²) in [6.45, 7) is -2.96. The second kappa shape index (κ2) is 6.99. The van der Waals surface area contributed by atoms with Crippen molar-refractivity contribution < 1.29 is 22.6 Å². The van der Waals surface area contributed by atoms with E-state index in [9.17, 15) is 13.2 Å².